The molecule has 1 unspecified atom stereocenters. The van der Waals surface area contributed by atoms with E-state index >= 15 is 0 Å². The molecule has 0 saturated heterocycles. The molecule has 2 rings (SSSR count). The SMILES string of the molecule is Cc1ccccc1-c1ccc(CC(N)C(C)C)cc1. The van der Waals surface area contributed by atoms with E-state index in [0.717, 1.165) is 6.42 Å². The molecule has 0 fully saturated rings. The van der Waals surface area contributed by atoms with Gasteiger partial charge in [0.05, 0.1) is 0 Å². The van der Waals surface area contributed by atoms with Crippen LogP contribution in [-0.2, 0) is 6.42 Å². The van der Waals surface area contributed by atoms with E-state index in [1.165, 1.54) is 22.3 Å². The molecule has 2 aromatic rings. The van der Waals surface area contributed by atoms with Crippen LogP contribution in [0.15, 0.2) is 48.5 Å². The lowest BCUT2D eigenvalue weighted by molar-refractivity contribution is 0.490. The Labute approximate surface area is 116 Å². The summed E-state index contributed by atoms with van der Waals surface area (Å²) >= 11 is 0. The van der Waals surface area contributed by atoms with Crippen molar-refractivity contribution in [3.8, 4) is 11.1 Å². The highest BCUT2D eigenvalue weighted by atomic mass is 14.6. The highest BCUT2D eigenvalue weighted by molar-refractivity contribution is 5.67. The maximum atomic E-state index is 6.12. The van der Waals surface area contributed by atoms with E-state index in [2.05, 4.69) is 69.3 Å². The molecular weight excluding hydrogens is 230 g/mol. The Balaban J connectivity index is 2.17. The van der Waals surface area contributed by atoms with Crippen LogP contribution >= 0.6 is 0 Å². The monoisotopic (exact) mass is 253 g/mol. The highest BCUT2D eigenvalue weighted by Crippen LogP contribution is 2.23. The maximum absolute atomic E-state index is 6.12. The van der Waals surface area contributed by atoms with Crippen LogP contribution in [0.25, 0.3) is 11.1 Å². The van der Waals surface area contributed by atoms with E-state index in [4.69, 9.17) is 5.73 Å². The van der Waals surface area contributed by atoms with Gasteiger partial charge in [0.15, 0.2) is 0 Å². The van der Waals surface area contributed by atoms with Crippen LogP contribution in [-0.4, -0.2) is 6.04 Å². The third-order valence-electron chi connectivity index (χ3n) is 3.74. The summed E-state index contributed by atoms with van der Waals surface area (Å²) in [6.45, 7) is 6.50. The van der Waals surface area contributed by atoms with Crippen LogP contribution in [0, 0.1) is 12.8 Å². The standard InChI is InChI=1S/C18H23N/c1-13(2)18(19)12-15-8-10-16(11-9-15)17-7-5-4-6-14(17)3/h4-11,13,18H,12,19H2,1-3H3. The molecule has 1 nitrogen and oxygen atoms in total. The molecule has 0 heterocycles. The average Bonchev–Trinajstić information content (AvgIpc) is 2.40. The Bertz CT molecular complexity index is 526. The van der Waals surface area contributed by atoms with Gasteiger partial charge < -0.3 is 5.73 Å². The van der Waals surface area contributed by atoms with Gasteiger partial charge in [0.25, 0.3) is 0 Å². The fourth-order valence-electron chi connectivity index (χ4n) is 2.23. The molecule has 2 N–H and O–H groups in total. The molecule has 19 heavy (non-hydrogen) atoms. The third-order valence-corrected chi connectivity index (χ3v) is 3.74. The Morgan fingerprint density at radius 1 is 0.947 bits per heavy atom. The van der Waals surface area contributed by atoms with Gasteiger partial charge in [0, 0.05) is 6.04 Å². The third kappa shape index (κ3) is 3.45. The molecule has 100 valence electrons. The number of hydrogen-bond acceptors (Lipinski definition) is 1. The van der Waals surface area contributed by atoms with Crippen molar-refractivity contribution < 1.29 is 0 Å². The Morgan fingerprint density at radius 2 is 1.58 bits per heavy atom. The molecule has 0 radical (unpaired) electrons. The molecule has 0 aliphatic heterocycles. The fraction of sp³-hybridized carbons (Fsp3) is 0.333. The first-order valence-electron chi connectivity index (χ1n) is 6.98. The van der Waals surface area contributed by atoms with Gasteiger partial charge >= 0.3 is 0 Å². The van der Waals surface area contributed by atoms with Gasteiger partial charge in [-0.2, -0.15) is 0 Å². The minimum absolute atomic E-state index is 0.240. The molecule has 1 heteroatoms. The zero-order chi connectivity index (χ0) is 13.8. The average molecular weight is 253 g/mol. The summed E-state index contributed by atoms with van der Waals surface area (Å²) in [4.78, 5) is 0. The van der Waals surface area contributed by atoms with Gasteiger partial charge in [0.2, 0.25) is 0 Å². The van der Waals surface area contributed by atoms with Crippen molar-refractivity contribution >= 4 is 0 Å². The number of aryl methyl sites for hydroxylation is 1. The summed E-state index contributed by atoms with van der Waals surface area (Å²) in [6.07, 6.45) is 0.950. The predicted molar refractivity (Wildman–Crippen MR) is 83.1 cm³/mol. The van der Waals surface area contributed by atoms with E-state index in [-0.39, 0.29) is 6.04 Å². The lowest BCUT2D eigenvalue weighted by atomic mass is 9.95. The van der Waals surface area contributed by atoms with Gasteiger partial charge in [-0.25, -0.2) is 0 Å². The maximum Gasteiger partial charge on any atom is 0.0102 e. The molecular formula is C18H23N. The zero-order valence-corrected chi connectivity index (χ0v) is 12.1. The normalized spacial score (nSPS) is 12.7. The van der Waals surface area contributed by atoms with Crippen LogP contribution in [0.5, 0.6) is 0 Å². The van der Waals surface area contributed by atoms with Gasteiger partial charge in [-0.15, -0.1) is 0 Å². The second-order valence-electron chi connectivity index (χ2n) is 5.62. The number of nitrogens with two attached hydrogens (primary N) is 1. The largest absolute Gasteiger partial charge is 0.327 e. The first-order valence-corrected chi connectivity index (χ1v) is 6.98. The summed E-state index contributed by atoms with van der Waals surface area (Å²) in [5, 5.41) is 0. The van der Waals surface area contributed by atoms with E-state index in [9.17, 15) is 0 Å². The van der Waals surface area contributed by atoms with E-state index in [0.29, 0.717) is 5.92 Å². The topological polar surface area (TPSA) is 26.0 Å². The number of benzene rings is 2. The summed E-state index contributed by atoms with van der Waals surface area (Å²) in [5.74, 6) is 0.524. The zero-order valence-electron chi connectivity index (χ0n) is 12.1. The molecule has 0 aliphatic rings. The lowest BCUT2D eigenvalue weighted by Crippen LogP contribution is -2.28. The summed E-state index contributed by atoms with van der Waals surface area (Å²) in [5.41, 5.74) is 11.3. The van der Waals surface area contributed by atoms with Crippen molar-refractivity contribution in [1.29, 1.82) is 0 Å². The molecule has 0 aromatic heterocycles. The van der Waals surface area contributed by atoms with Crippen molar-refractivity contribution in [2.75, 3.05) is 0 Å². The molecule has 0 amide bonds. The Hall–Kier alpha value is -1.60. The van der Waals surface area contributed by atoms with Gasteiger partial charge in [0.1, 0.15) is 0 Å². The van der Waals surface area contributed by atoms with Gasteiger partial charge in [-0.05, 0) is 41.5 Å². The summed E-state index contributed by atoms with van der Waals surface area (Å²) in [6, 6.07) is 17.5. The summed E-state index contributed by atoms with van der Waals surface area (Å²) in [7, 11) is 0. The second kappa shape index (κ2) is 6.03. The first kappa shape index (κ1) is 13.8. The van der Waals surface area contributed by atoms with Crippen molar-refractivity contribution in [1.82, 2.24) is 0 Å². The van der Waals surface area contributed by atoms with Crippen LogP contribution in [0.2, 0.25) is 0 Å². The highest BCUT2D eigenvalue weighted by Gasteiger charge is 2.08. The molecule has 2 aromatic carbocycles. The molecule has 1 atom stereocenters. The van der Waals surface area contributed by atoms with E-state index in [1.807, 2.05) is 0 Å². The Morgan fingerprint density at radius 3 is 2.16 bits per heavy atom. The molecule has 0 aliphatic carbocycles. The van der Waals surface area contributed by atoms with Crippen molar-refractivity contribution in [2.24, 2.45) is 11.7 Å². The van der Waals surface area contributed by atoms with Gasteiger partial charge in [-0.1, -0.05) is 62.4 Å². The lowest BCUT2D eigenvalue weighted by Gasteiger charge is -2.15. The molecule has 0 spiro atoms. The number of rotatable bonds is 4. The fourth-order valence-corrected chi connectivity index (χ4v) is 2.23. The Kier molecular flexibility index (Phi) is 4.39. The molecule has 0 bridgehead atoms. The van der Waals surface area contributed by atoms with Crippen LogP contribution < -0.4 is 5.73 Å². The quantitative estimate of drug-likeness (QED) is 0.868. The van der Waals surface area contributed by atoms with E-state index < -0.39 is 0 Å². The van der Waals surface area contributed by atoms with Crippen molar-refractivity contribution in [2.45, 2.75) is 33.2 Å². The predicted octanol–water partition coefficient (Wildman–Crippen LogP) is 4.19. The van der Waals surface area contributed by atoms with Crippen LogP contribution in [0.1, 0.15) is 25.0 Å². The minimum Gasteiger partial charge on any atom is -0.327 e. The van der Waals surface area contributed by atoms with Crippen molar-refractivity contribution in [3.05, 3.63) is 59.7 Å². The second-order valence-corrected chi connectivity index (χ2v) is 5.62. The first-order chi connectivity index (χ1) is 9.08. The van der Waals surface area contributed by atoms with Crippen LogP contribution in [0.4, 0.5) is 0 Å². The van der Waals surface area contributed by atoms with Gasteiger partial charge in [-0.3, -0.25) is 0 Å². The smallest absolute Gasteiger partial charge is 0.0102 e. The van der Waals surface area contributed by atoms with E-state index in [1.54, 1.807) is 0 Å². The van der Waals surface area contributed by atoms with Crippen molar-refractivity contribution in [3.63, 3.8) is 0 Å². The number of hydrogen-bond donors (Lipinski definition) is 1. The minimum atomic E-state index is 0.240. The summed E-state index contributed by atoms with van der Waals surface area (Å²) < 4.78 is 0. The molecule has 0 saturated carbocycles. The van der Waals surface area contributed by atoms with Crippen LogP contribution in [0.3, 0.4) is 0 Å².